The third kappa shape index (κ3) is 12.9. The molecule has 50 heavy (non-hydrogen) atoms. The van der Waals surface area contributed by atoms with Crippen molar-refractivity contribution in [2.45, 2.75) is 104 Å². The molecule has 4 atom stereocenters. The highest BCUT2D eigenvalue weighted by molar-refractivity contribution is 5.96. The summed E-state index contributed by atoms with van der Waals surface area (Å²) in [4.78, 5) is 24.5. The smallest absolute Gasteiger partial charge is 0.330 e. The predicted octanol–water partition coefficient (Wildman–Crippen LogP) is 8.91. The summed E-state index contributed by atoms with van der Waals surface area (Å²) in [6.07, 6.45) is 15.5. The van der Waals surface area contributed by atoms with Gasteiger partial charge in [-0.25, -0.2) is 9.59 Å². The Bertz CT molecular complexity index is 1280. The Morgan fingerprint density at radius 2 is 1.08 bits per heavy atom. The summed E-state index contributed by atoms with van der Waals surface area (Å²) < 4.78 is 36.4. The van der Waals surface area contributed by atoms with Crippen LogP contribution >= 0.6 is 0 Å². The molecule has 276 valence electrons. The Morgan fingerprint density at radius 3 is 1.44 bits per heavy atom. The molecule has 0 saturated heterocycles. The van der Waals surface area contributed by atoms with E-state index in [9.17, 15) is 9.59 Å². The summed E-state index contributed by atoms with van der Waals surface area (Å²) in [6, 6.07) is 7.95. The van der Waals surface area contributed by atoms with Crippen molar-refractivity contribution in [3.05, 3.63) is 72.9 Å². The molecule has 0 saturated carbocycles. The van der Waals surface area contributed by atoms with Gasteiger partial charge in [-0.3, -0.25) is 0 Å². The first kappa shape index (κ1) is 40.8. The molecule has 0 fully saturated rings. The van der Waals surface area contributed by atoms with E-state index in [-0.39, 0.29) is 26.4 Å². The highest BCUT2D eigenvalue weighted by Crippen LogP contribution is 2.43. The number of fused-ring (bicyclic) bond motifs is 2. The van der Waals surface area contributed by atoms with Crippen molar-refractivity contribution in [2.24, 2.45) is 11.8 Å². The molecule has 0 aromatic heterocycles. The van der Waals surface area contributed by atoms with Crippen molar-refractivity contribution in [3.63, 3.8) is 0 Å². The van der Waals surface area contributed by atoms with E-state index in [1.54, 1.807) is 0 Å². The minimum atomic E-state index is -0.605. The molecule has 0 radical (unpaired) electrons. The van der Waals surface area contributed by atoms with E-state index < -0.39 is 24.1 Å². The van der Waals surface area contributed by atoms with Crippen LogP contribution in [0.5, 0.6) is 11.5 Å². The lowest BCUT2D eigenvalue weighted by Crippen LogP contribution is -2.30. The van der Waals surface area contributed by atoms with E-state index >= 15 is 0 Å². The van der Waals surface area contributed by atoms with Crippen LogP contribution in [0.1, 0.15) is 90.2 Å². The summed E-state index contributed by atoms with van der Waals surface area (Å²) >= 11 is 0. The van der Waals surface area contributed by atoms with Crippen LogP contribution in [-0.2, 0) is 41.4 Å². The Hall–Kier alpha value is -3.62. The molecule has 3 rings (SSSR count). The zero-order valence-corrected chi connectivity index (χ0v) is 30.9. The van der Waals surface area contributed by atoms with Gasteiger partial charge in [0.1, 0.15) is 24.7 Å². The molecule has 8 heteroatoms. The van der Waals surface area contributed by atoms with E-state index in [4.69, 9.17) is 28.4 Å². The van der Waals surface area contributed by atoms with Gasteiger partial charge in [0.25, 0.3) is 0 Å². The fraction of sp³-hybridized carbons (Fsp3) is 0.571. The molecular weight excluding hydrogens is 632 g/mol. The van der Waals surface area contributed by atoms with Gasteiger partial charge in [0.05, 0.1) is 13.2 Å². The monoisotopic (exact) mass is 692 g/mol. The van der Waals surface area contributed by atoms with Gasteiger partial charge in [-0.15, -0.1) is 0 Å². The number of rotatable bonds is 26. The first-order chi connectivity index (χ1) is 24.4. The lowest BCUT2D eigenvalue weighted by Gasteiger charge is -2.26. The van der Waals surface area contributed by atoms with E-state index in [1.165, 1.54) is 12.8 Å². The predicted molar refractivity (Wildman–Crippen MR) is 200 cm³/mol. The summed E-state index contributed by atoms with van der Waals surface area (Å²) in [5, 5.41) is 1.77. The number of hydrogen-bond acceptors (Lipinski definition) is 8. The lowest BCUT2D eigenvalue weighted by atomic mass is 9.90. The Labute approximate surface area is 300 Å². The molecule has 2 aromatic rings. The van der Waals surface area contributed by atoms with E-state index in [0.717, 1.165) is 84.1 Å². The van der Waals surface area contributed by atoms with Crippen LogP contribution < -0.4 is 9.47 Å². The molecule has 8 nitrogen and oxygen atoms in total. The van der Waals surface area contributed by atoms with Crippen LogP contribution in [0.4, 0.5) is 0 Å². The van der Waals surface area contributed by atoms with Crippen molar-refractivity contribution in [1.82, 2.24) is 0 Å². The van der Waals surface area contributed by atoms with Crippen molar-refractivity contribution in [3.8, 4) is 11.5 Å². The van der Waals surface area contributed by atoms with Gasteiger partial charge in [-0.1, -0.05) is 116 Å². The maximum Gasteiger partial charge on any atom is 0.330 e. The van der Waals surface area contributed by atoms with E-state index in [1.807, 2.05) is 24.3 Å². The number of ether oxygens (including phenoxy) is 6. The van der Waals surface area contributed by atoms with Crippen molar-refractivity contribution in [2.75, 3.05) is 39.6 Å². The first-order valence-electron chi connectivity index (χ1n) is 18.7. The third-order valence-corrected chi connectivity index (χ3v) is 9.36. The zero-order chi connectivity index (χ0) is 36.1. The van der Waals surface area contributed by atoms with Gasteiger partial charge in [0, 0.05) is 47.3 Å². The van der Waals surface area contributed by atoms with Crippen molar-refractivity contribution < 1.29 is 38.0 Å². The van der Waals surface area contributed by atoms with Crippen molar-refractivity contribution in [1.29, 1.82) is 0 Å². The maximum atomic E-state index is 12.2. The highest BCUT2D eigenvalue weighted by atomic mass is 16.6. The quantitative estimate of drug-likeness (QED) is 0.0418. The molecule has 0 spiro atoms. The summed E-state index contributed by atoms with van der Waals surface area (Å²) in [7, 11) is 0. The SMILES string of the molecule is C=CC(=O)OC(COCCC(CC)CCC)COc1c2c(c(OCC(COCCC(CC)CCC)OC(=O)C=C)c3ccccc13)CC=CC2. The van der Waals surface area contributed by atoms with Crippen LogP contribution in [0.3, 0.4) is 0 Å². The van der Waals surface area contributed by atoms with Gasteiger partial charge in [-0.05, 0) is 37.5 Å². The minimum Gasteiger partial charge on any atom is -0.489 e. The number of carbonyl (C=O) groups is 2. The molecule has 0 N–H and O–H groups in total. The number of carbonyl (C=O) groups excluding carboxylic acids is 2. The average Bonchev–Trinajstić information content (AvgIpc) is 3.14. The lowest BCUT2D eigenvalue weighted by molar-refractivity contribution is -0.148. The van der Waals surface area contributed by atoms with Gasteiger partial charge >= 0.3 is 11.9 Å². The number of benzene rings is 2. The Balaban J connectivity index is 1.80. The third-order valence-electron chi connectivity index (χ3n) is 9.36. The fourth-order valence-electron chi connectivity index (χ4n) is 6.50. The minimum absolute atomic E-state index is 0.125. The van der Waals surface area contributed by atoms with Crippen molar-refractivity contribution >= 4 is 22.7 Å². The normalized spacial score (nSPS) is 14.6. The molecule has 2 aromatic carbocycles. The number of hydrogen-bond donors (Lipinski definition) is 0. The summed E-state index contributed by atoms with van der Waals surface area (Å²) in [5.41, 5.74) is 2.03. The molecular formula is C42H60O8. The number of allylic oxidation sites excluding steroid dienone is 2. The fourth-order valence-corrected chi connectivity index (χ4v) is 6.50. The molecule has 1 aliphatic rings. The summed E-state index contributed by atoms with van der Waals surface area (Å²) in [6.45, 7) is 17.9. The van der Waals surface area contributed by atoms with Gasteiger partial charge in [0.2, 0.25) is 0 Å². The molecule has 1 aliphatic carbocycles. The second kappa shape index (κ2) is 23.0. The van der Waals surface area contributed by atoms with E-state index in [0.29, 0.717) is 37.9 Å². The van der Waals surface area contributed by atoms with Gasteiger partial charge in [-0.2, -0.15) is 0 Å². The maximum absolute atomic E-state index is 12.2. The molecule has 0 aliphatic heterocycles. The topological polar surface area (TPSA) is 89.5 Å². The average molecular weight is 693 g/mol. The van der Waals surface area contributed by atoms with Gasteiger partial charge < -0.3 is 28.4 Å². The van der Waals surface area contributed by atoms with Crippen LogP contribution in [0.25, 0.3) is 10.8 Å². The van der Waals surface area contributed by atoms with Crippen LogP contribution in [0.2, 0.25) is 0 Å². The second-order valence-corrected chi connectivity index (χ2v) is 13.0. The summed E-state index contributed by atoms with van der Waals surface area (Å²) in [5.74, 6) is 1.68. The van der Waals surface area contributed by atoms with Crippen LogP contribution in [0.15, 0.2) is 61.7 Å². The molecule has 0 bridgehead atoms. The zero-order valence-electron chi connectivity index (χ0n) is 30.9. The van der Waals surface area contributed by atoms with E-state index in [2.05, 4.69) is 53.0 Å². The Kier molecular flexibility index (Phi) is 18.7. The molecule has 0 heterocycles. The largest absolute Gasteiger partial charge is 0.489 e. The second-order valence-electron chi connectivity index (χ2n) is 13.0. The van der Waals surface area contributed by atoms with Crippen LogP contribution in [-0.4, -0.2) is 63.8 Å². The first-order valence-corrected chi connectivity index (χ1v) is 18.7. The highest BCUT2D eigenvalue weighted by Gasteiger charge is 2.25. The standard InChI is InChI=1S/C42H60O8/c1-7-17-31(9-3)23-25-45-27-33(49-39(43)11-5)29-47-41-35-19-13-15-21-37(35)42(38-22-16-14-20-36(38)41)48-30-34(50-40(44)12-6)28-46-26-24-32(10-4)18-8-2/h11-16,19,21,31-34H,5-10,17-18,20,22-30H2,1-4H3. The molecule has 0 amide bonds. The Morgan fingerprint density at radius 1 is 0.660 bits per heavy atom. The number of esters is 2. The molecule has 4 unspecified atom stereocenters. The van der Waals surface area contributed by atoms with Crippen LogP contribution in [0, 0.1) is 11.8 Å². The van der Waals surface area contributed by atoms with Gasteiger partial charge in [0.15, 0.2) is 12.2 Å².